The monoisotopic (exact) mass is 312 g/mol. The molecule has 0 aliphatic carbocycles. The smallest absolute Gasteiger partial charge is 0.434 e. The number of rotatable bonds is 3. The normalized spacial score (nSPS) is 9.26. The van der Waals surface area contributed by atoms with Crippen LogP contribution in [-0.4, -0.2) is 18.7 Å². The van der Waals surface area contributed by atoms with E-state index in [4.69, 9.17) is 17.4 Å². The van der Waals surface area contributed by atoms with Gasteiger partial charge in [0.25, 0.3) is 0 Å². The Hall–Kier alpha value is -1.57. The molecule has 0 heterocycles. The summed E-state index contributed by atoms with van der Waals surface area (Å²) in [6.45, 7) is 1.60. The van der Waals surface area contributed by atoms with E-state index in [-0.39, 0.29) is 35.3 Å². The Morgan fingerprint density at radius 3 is 2.63 bits per heavy atom. The molecule has 6 nitrogen and oxygen atoms in total. The minimum Gasteiger partial charge on any atom is -0.434 e. The quantitative estimate of drug-likeness (QED) is 0.386. The molecule has 9 heteroatoms. The minimum atomic E-state index is -1.16. The molecule has 0 aromatic heterocycles. The molecular formula is C10H11Cl2FN2O4. The molecule has 0 amide bonds. The van der Waals surface area contributed by atoms with Gasteiger partial charge in [-0.2, -0.15) is 0 Å². The van der Waals surface area contributed by atoms with Crippen molar-refractivity contribution in [3.8, 4) is 0 Å². The zero-order valence-electron chi connectivity index (χ0n) is 9.74. The second-order valence-electron chi connectivity index (χ2n) is 3.03. The van der Waals surface area contributed by atoms with Crippen molar-refractivity contribution in [2.45, 2.75) is 6.92 Å². The Morgan fingerprint density at radius 2 is 2.11 bits per heavy atom. The molecule has 1 aromatic rings. The van der Waals surface area contributed by atoms with E-state index in [1.54, 1.807) is 6.92 Å². The van der Waals surface area contributed by atoms with Gasteiger partial charge in [-0.15, -0.1) is 12.4 Å². The third kappa shape index (κ3) is 4.55. The number of ether oxygens (including phenoxy) is 2. The first-order valence-corrected chi connectivity index (χ1v) is 5.22. The highest BCUT2D eigenvalue weighted by atomic mass is 35.5. The van der Waals surface area contributed by atoms with Crippen molar-refractivity contribution >= 4 is 41.8 Å². The number of nitrogens with two attached hydrogens (primary N) is 1. The van der Waals surface area contributed by atoms with Crippen molar-refractivity contribution in [2.75, 3.05) is 12.0 Å². The number of carbonyl (C=O) groups excluding carboxylic acids is 2. The summed E-state index contributed by atoms with van der Waals surface area (Å²) in [7, 11) is 0. The number of benzene rings is 1. The molecule has 1 aromatic carbocycles. The Labute approximate surface area is 119 Å². The number of nitrogens with one attached hydrogen (secondary N) is 1. The summed E-state index contributed by atoms with van der Waals surface area (Å²) in [4.78, 5) is 22.5. The molecule has 0 fully saturated rings. The largest absolute Gasteiger partial charge is 0.516 e. The van der Waals surface area contributed by atoms with Gasteiger partial charge in [-0.05, 0) is 19.1 Å². The molecule has 0 aliphatic rings. The average Bonchev–Trinajstić information content (AvgIpc) is 2.29. The third-order valence-corrected chi connectivity index (χ3v) is 2.18. The van der Waals surface area contributed by atoms with Gasteiger partial charge < -0.3 is 14.9 Å². The Bertz CT molecular complexity index is 485. The topological polar surface area (TPSA) is 90.6 Å². The summed E-state index contributed by atoms with van der Waals surface area (Å²) in [6, 6.07) is 1.90. The molecule has 0 atom stereocenters. The molecule has 3 N–H and O–H groups in total. The van der Waals surface area contributed by atoms with E-state index in [1.165, 1.54) is 0 Å². The lowest BCUT2D eigenvalue weighted by Gasteiger charge is -2.07. The molecule has 0 unspecified atom stereocenters. The predicted molar refractivity (Wildman–Crippen MR) is 68.9 cm³/mol. The molecular weight excluding hydrogens is 302 g/mol. The van der Waals surface area contributed by atoms with Crippen LogP contribution in [0.5, 0.6) is 0 Å². The highest BCUT2D eigenvalue weighted by Gasteiger charge is 2.19. The van der Waals surface area contributed by atoms with Gasteiger partial charge in [0.05, 0.1) is 22.9 Å². The zero-order valence-corrected chi connectivity index (χ0v) is 11.3. The summed E-state index contributed by atoms with van der Waals surface area (Å²) in [5.74, 6) is 3.24. The van der Waals surface area contributed by atoms with Gasteiger partial charge in [-0.25, -0.2) is 14.0 Å². The molecule has 106 valence electrons. The number of carbonyl (C=O) groups is 2. The number of hydrogen-bond acceptors (Lipinski definition) is 6. The first-order valence-electron chi connectivity index (χ1n) is 4.84. The third-order valence-electron chi connectivity index (χ3n) is 1.87. The van der Waals surface area contributed by atoms with Crippen LogP contribution in [0.25, 0.3) is 0 Å². The number of nitrogen functional groups attached to an aromatic ring is 1. The summed E-state index contributed by atoms with van der Waals surface area (Å²) in [5.41, 5.74) is 1.67. The van der Waals surface area contributed by atoms with Crippen LogP contribution in [-0.2, 0) is 9.47 Å². The average molecular weight is 313 g/mol. The van der Waals surface area contributed by atoms with Gasteiger partial charge in [-0.3, -0.25) is 5.84 Å². The van der Waals surface area contributed by atoms with E-state index in [0.717, 1.165) is 12.1 Å². The second kappa shape index (κ2) is 7.78. The number of hydrogen-bond donors (Lipinski definition) is 2. The standard InChI is InChI=1S/C10H10ClFN2O4.ClH/c1-2-17-10(16)18-9(15)5-3-8(14-13)7(12)4-6(5)11;/h3-4,14H,2,13H2,1H3;1H. The van der Waals surface area contributed by atoms with Crippen LogP contribution >= 0.6 is 24.0 Å². The number of esters is 1. The first kappa shape index (κ1) is 17.4. The van der Waals surface area contributed by atoms with E-state index in [9.17, 15) is 14.0 Å². The Morgan fingerprint density at radius 1 is 1.47 bits per heavy atom. The molecule has 0 bridgehead atoms. The molecule has 0 radical (unpaired) electrons. The van der Waals surface area contributed by atoms with Gasteiger partial charge in [-0.1, -0.05) is 11.6 Å². The van der Waals surface area contributed by atoms with Crippen LogP contribution in [0, 0.1) is 5.82 Å². The number of halogens is 3. The van der Waals surface area contributed by atoms with Crippen LogP contribution in [0.15, 0.2) is 12.1 Å². The maximum absolute atomic E-state index is 13.2. The summed E-state index contributed by atoms with van der Waals surface area (Å²) >= 11 is 5.65. The maximum atomic E-state index is 13.2. The van der Waals surface area contributed by atoms with Gasteiger partial charge in [0, 0.05) is 0 Å². The van der Waals surface area contributed by atoms with Crippen molar-refractivity contribution in [3.05, 3.63) is 28.5 Å². The van der Waals surface area contributed by atoms with E-state index in [1.807, 2.05) is 5.43 Å². The van der Waals surface area contributed by atoms with Crippen molar-refractivity contribution in [1.29, 1.82) is 0 Å². The summed E-state index contributed by atoms with van der Waals surface area (Å²) < 4.78 is 21.9. The fourth-order valence-corrected chi connectivity index (χ4v) is 1.32. The van der Waals surface area contributed by atoms with E-state index < -0.39 is 17.9 Å². The zero-order chi connectivity index (χ0) is 13.7. The Balaban J connectivity index is 0.00000324. The molecule has 0 aliphatic heterocycles. The summed E-state index contributed by atoms with van der Waals surface area (Å²) in [5, 5.41) is -0.208. The fraction of sp³-hybridized carbons (Fsp3) is 0.200. The molecule has 0 saturated heterocycles. The fourth-order valence-electron chi connectivity index (χ4n) is 1.09. The van der Waals surface area contributed by atoms with E-state index in [0.29, 0.717) is 0 Å². The lowest BCUT2D eigenvalue weighted by Crippen LogP contribution is -2.16. The lowest BCUT2D eigenvalue weighted by molar-refractivity contribution is 0.0402. The van der Waals surface area contributed by atoms with Crippen LogP contribution in [0.4, 0.5) is 14.9 Å². The van der Waals surface area contributed by atoms with Crippen LogP contribution in [0.2, 0.25) is 5.02 Å². The number of hydrazine groups is 1. The predicted octanol–water partition coefficient (Wildman–Crippen LogP) is 2.50. The van der Waals surface area contributed by atoms with Crippen molar-refractivity contribution in [1.82, 2.24) is 0 Å². The Kier molecular flexibility index (Phi) is 7.13. The van der Waals surface area contributed by atoms with Crippen molar-refractivity contribution in [3.63, 3.8) is 0 Å². The maximum Gasteiger partial charge on any atom is 0.516 e. The first-order chi connectivity index (χ1) is 8.49. The van der Waals surface area contributed by atoms with Gasteiger partial charge >= 0.3 is 12.1 Å². The molecule has 0 spiro atoms. The van der Waals surface area contributed by atoms with Gasteiger partial charge in [0.2, 0.25) is 0 Å². The SMILES string of the molecule is CCOC(=O)OC(=O)c1cc(NN)c(F)cc1Cl.Cl. The molecule has 19 heavy (non-hydrogen) atoms. The highest BCUT2D eigenvalue weighted by Crippen LogP contribution is 2.24. The summed E-state index contributed by atoms with van der Waals surface area (Å²) in [6.07, 6.45) is -1.16. The van der Waals surface area contributed by atoms with Crippen LogP contribution in [0.3, 0.4) is 0 Å². The lowest BCUT2D eigenvalue weighted by atomic mass is 10.2. The minimum absolute atomic E-state index is 0. The van der Waals surface area contributed by atoms with Crippen LogP contribution in [0.1, 0.15) is 17.3 Å². The van der Waals surface area contributed by atoms with E-state index >= 15 is 0 Å². The van der Waals surface area contributed by atoms with Gasteiger partial charge in [0.1, 0.15) is 5.82 Å². The number of anilines is 1. The van der Waals surface area contributed by atoms with Crippen LogP contribution < -0.4 is 11.3 Å². The van der Waals surface area contributed by atoms with Crippen molar-refractivity contribution in [2.24, 2.45) is 5.84 Å². The molecule has 1 rings (SSSR count). The van der Waals surface area contributed by atoms with Gasteiger partial charge in [0.15, 0.2) is 0 Å². The van der Waals surface area contributed by atoms with Crippen molar-refractivity contribution < 1.29 is 23.5 Å². The molecule has 0 saturated carbocycles. The second-order valence-corrected chi connectivity index (χ2v) is 3.44. The van der Waals surface area contributed by atoms with E-state index in [2.05, 4.69) is 9.47 Å². The highest BCUT2D eigenvalue weighted by molar-refractivity contribution is 6.33.